The molecule has 30 heavy (non-hydrogen) atoms. The summed E-state index contributed by atoms with van der Waals surface area (Å²) in [6.07, 6.45) is 0. The Bertz CT molecular complexity index is 1110. The van der Waals surface area contributed by atoms with Gasteiger partial charge in [0, 0.05) is 24.7 Å². The Morgan fingerprint density at radius 3 is 2.53 bits per heavy atom. The lowest BCUT2D eigenvalue weighted by atomic mass is 9.96. The highest BCUT2D eigenvalue weighted by molar-refractivity contribution is 6.01. The van der Waals surface area contributed by atoms with Gasteiger partial charge >= 0.3 is 0 Å². The summed E-state index contributed by atoms with van der Waals surface area (Å²) in [7, 11) is 1.69. The van der Waals surface area contributed by atoms with E-state index in [2.05, 4.69) is 49.3 Å². The van der Waals surface area contributed by atoms with Crippen molar-refractivity contribution >= 4 is 22.6 Å². The highest BCUT2D eigenvalue weighted by Crippen LogP contribution is 2.30. The van der Waals surface area contributed by atoms with E-state index in [1.165, 1.54) is 16.7 Å². The molecule has 3 heterocycles. The highest BCUT2D eigenvalue weighted by Gasteiger charge is 2.42. The first-order valence-corrected chi connectivity index (χ1v) is 10.4. The standard InChI is InChI=1S/C24H30N4O2/c1-14-8-7-9-15(2)19(14)11-25-22-21-18(16(3)17(4)26-21)10-20(27-22)23(29)28-12-24(5,13-28)30-6/h7-10,26H,11-13H2,1-6H3,(H,25,27). The number of likely N-dealkylation sites (tertiary alicyclic amines) is 1. The maximum Gasteiger partial charge on any atom is 0.272 e. The number of hydrogen-bond donors (Lipinski definition) is 2. The van der Waals surface area contributed by atoms with Crippen LogP contribution in [0.4, 0.5) is 5.82 Å². The Balaban J connectivity index is 1.68. The van der Waals surface area contributed by atoms with Crippen LogP contribution in [0.1, 0.15) is 45.4 Å². The topological polar surface area (TPSA) is 70.2 Å². The molecule has 6 heteroatoms. The monoisotopic (exact) mass is 406 g/mol. The second kappa shape index (κ2) is 7.43. The number of aromatic amines is 1. The van der Waals surface area contributed by atoms with Crippen molar-refractivity contribution in [2.75, 3.05) is 25.5 Å². The van der Waals surface area contributed by atoms with Crippen LogP contribution in [0, 0.1) is 27.7 Å². The minimum atomic E-state index is -0.260. The molecule has 0 aliphatic carbocycles. The lowest BCUT2D eigenvalue weighted by Crippen LogP contribution is -2.62. The summed E-state index contributed by atoms with van der Waals surface area (Å²) >= 11 is 0. The number of nitrogens with zero attached hydrogens (tertiary/aromatic N) is 2. The van der Waals surface area contributed by atoms with Gasteiger partial charge in [0.25, 0.3) is 5.91 Å². The Morgan fingerprint density at radius 2 is 1.90 bits per heavy atom. The smallest absolute Gasteiger partial charge is 0.272 e. The highest BCUT2D eigenvalue weighted by atomic mass is 16.5. The Labute approximate surface area is 177 Å². The second-order valence-corrected chi connectivity index (χ2v) is 8.69. The molecule has 0 unspecified atom stereocenters. The van der Waals surface area contributed by atoms with Crippen molar-refractivity contribution in [2.24, 2.45) is 0 Å². The minimum absolute atomic E-state index is 0.0557. The maximum absolute atomic E-state index is 13.1. The van der Waals surface area contributed by atoms with Crippen LogP contribution in [-0.2, 0) is 11.3 Å². The van der Waals surface area contributed by atoms with Crippen molar-refractivity contribution in [3.05, 3.63) is 57.9 Å². The molecule has 1 aliphatic heterocycles. The zero-order chi connectivity index (χ0) is 21.6. The first-order chi connectivity index (χ1) is 14.2. The van der Waals surface area contributed by atoms with Gasteiger partial charge in [-0.1, -0.05) is 18.2 Å². The van der Waals surface area contributed by atoms with Gasteiger partial charge in [-0.2, -0.15) is 0 Å². The Kier molecular flexibility index (Phi) is 5.06. The van der Waals surface area contributed by atoms with Crippen molar-refractivity contribution in [3.8, 4) is 0 Å². The average molecular weight is 407 g/mol. The molecule has 4 rings (SSSR count). The largest absolute Gasteiger partial charge is 0.375 e. The molecule has 0 radical (unpaired) electrons. The van der Waals surface area contributed by atoms with Crippen LogP contribution < -0.4 is 5.32 Å². The summed E-state index contributed by atoms with van der Waals surface area (Å²) in [6.45, 7) is 12.2. The minimum Gasteiger partial charge on any atom is -0.375 e. The van der Waals surface area contributed by atoms with Crippen LogP contribution >= 0.6 is 0 Å². The lowest BCUT2D eigenvalue weighted by Gasteiger charge is -2.46. The lowest BCUT2D eigenvalue weighted by molar-refractivity contribution is -0.0949. The number of ether oxygens (including phenoxy) is 1. The Hall–Kier alpha value is -2.86. The first kappa shape index (κ1) is 20.4. The summed E-state index contributed by atoms with van der Waals surface area (Å²) in [5.41, 5.74) is 7.11. The van der Waals surface area contributed by atoms with E-state index in [0.717, 1.165) is 22.2 Å². The predicted octanol–water partition coefficient (Wildman–Crippen LogP) is 4.27. The summed E-state index contributed by atoms with van der Waals surface area (Å²) in [6, 6.07) is 8.21. The number of aryl methyl sites for hydroxylation is 4. The third-order valence-corrected chi connectivity index (χ3v) is 6.43. The van der Waals surface area contributed by atoms with E-state index in [1.807, 2.05) is 19.9 Å². The first-order valence-electron chi connectivity index (χ1n) is 10.4. The summed E-state index contributed by atoms with van der Waals surface area (Å²) in [5.74, 6) is 0.657. The van der Waals surface area contributed by atoms with Crippen LogP contribution in [0.5, 0.6) is 0 Å². The molecule has 1 saturated heterocycles. The molecular formula is C24H30N4O2. The molecule has 3 aromatic rings. The molecule has 2 aromatic heterocycles. The van der Waals surface area contributed by atoms with Crippen LogP contribution in [-0.4, -0.2) is 46.6 Å². The van der Waals surface area contributed by atoms with Gasteiger partial charge in [-0.25, -0.2) is 4.98 Å². The van der Waals surface area contributed by atoms with Crippen molar-refractivity contribution in [3.63, 3.8) is 0 Å². The van der Waals surface area contributed by atoms with Crippen LogP contribution in [0.15, 0.2) is 24.3 Å². The number of H-pyrrole nitrogens is 1. The fourth-order valence-electron chi connectivity index (χ4n) is 4.18. The number of methoxy groups -OCH3 is 1. The molecule has 1 aliphatic rings. The molecule has 1 fully saturated rings. The molecule has 0 bridgehead atoms. The van der Waals surface area contributed by atoms with Crippen molar-refractivity contribution in [2.45, 2.75) is 46.8 Å². The second-order valence-electron chi connectivity index (χ2n) is 8.69. The molecule has 2 N–H and O–H groups in total. The van der Waals surface area contributed by atoms with E-state index < -0.39 is 0 Å². The van der Waals surface area contributed by atoms with E-state index in [9.17, 15) is 4.79 Å². The molecule has 1 amide bonds. The third-order valence-electron chi connectivity index (χ3n) is 6.43. The summed E-state index contributed by atoms with van der Waals surface area (Å²) in [5, 5.41) is 4.52. The average Bonchev–Trinajstić information content (AvgIpc) is 2.98. The molecule has 0 atom stereocenters. The molecular weight excluding hydrogens is 376 g/mol. The van der Waals surface area contributed by atoms with Crippen molar-refractivity contribution in [1.82, 2.24) is 14.9 Å². The Morgan fingerprint density at radius 1 is 1.23 bits per heavy atom. The molecule has 6 nitrogen and oxygen atoms in total. The number of carbonyl (C=O) groups excluding carboxylic acids is 1. The summed E-state index contributed by atoms with van der Waals surface area (Å²) < 4.78 is 5.48. The van der Waals surface area contributed by atoms with Gasteiger partial charge in [-0.05, 0) is 62.9 Å². The van der Waals surface area contributed by atoms with Gasteiger partial charge < -0.3 is 19.9 Å². The van der Waals surface area contributed by atoms with Gasteiger partial charge in [0.05, 0.1) is 18.6 Å². The van der Waals surface area contributed by atoms with E-state index in [0.29, 0.717) is 31.1 Å². The van der Waals surface area contributed by atoms with Crippen LogP contribution in [0.3, 0.4) is 0 Å². The van der Waals surface area contributed by atoms with E-state index in [4.69, 9.17) is 9.72 Å². The predicted molar refractivity (Wildman–Crippen MR) is 120 cm³/mol. The van der Waals surface area contributed by atoms with E-state index >= 15 is 0 Å². The van der Waals surface area contributed by atoms with Gasteiger partial charge in [0.1, 0.15) is 11.3 Å². The number of amides is 1. The number of hydrogen-bond acceptors (Lipinski definition) is 4. The number of anilines is 1. The van der Waals surface area contributed by atoms with Crippen LogP contribution in [0.2, 0.25) is 0 Å². The number of nitrogens with one attached hydrogen (secondary N) is 2. The zero-order valence-corrected chi connectivity index (χ0v) is 18.6. The number of fused-ring (bicyclic) bond motifs is 1. The quantitative estimate of drug-likeness (QED) is 0.664. The number of pyridine rings is 1. The normalized spacial score (nSPS) is 15.3. The number of benzene rings is 1. The zero-order valence-electron chi connectivity index (χ0n) is 18.6. The summed E-state index contributed by atoms with van der Waals surface area (Å²) in [4.78, 5) is 23.1. The number of aromatic nitrogens is 2. The third kappa shape index (κ3) is 3.45. The van der Waals surface area contributed by atoms with Crippen molar-refractivity contribution in [1.29, 1.82) is 0 Å². The molecule has 0 spiro atoms. The maximum atomic E-state index is 13.1. The molecule has 0 saturated carbocycles. The van der Waals surface area contributed by atoms with Crippen LogP contribution in [0.25, 0.3) is 10.9 Å². The van der Waals surface area contributed by atoms with Gasteiger partial charge in [-0.3, -0.25) is 4.79 Å². The van der Waals surface area contributed by atoms with Gasteiger partial charge in [-0.15, -0.1) is 0 Å². The van der Waals surface area contributed by atoms with E-state index in [-0.39, 0.29) is 11.5 Å². The van der Waals surface area contributed by atoms with Gasteiger partial charge in [0.15, 0.2) is 5.82 Å². The number of carbonyl (C=O) groups is 1. The SMILES string of the molecule is COC1(C)CN(C(=O)c2cc3c(C)c(C)[nH]c3c(NCc3c(C)cccc3C)n2)C1. The fraction of sp³-hybridized carbons (Fsp3) is 0.417. The van der Waals surface area contributed by atoms with Gasteiger partial charge in [0.2, 0.25) is 0 Å². The van der Waals surface area contributed by atoms with Crippen molar-refractivity contribution < 1.29 is 9.53 Å². The van der Waals surface area contributed by atoms with E-state index in [1.54, 1.807) is 12.0 Å². The fourth-order valence-corrected chi connectivity index (χ4v) is 4.18. The molecule has 1 aromatic carbocycles. The number of rotatable bonds is 5. The molecule has 158 valence electrons.